The van der Waals surface area contributed by atoms with E-state index in [0.29, 0.717) is 18.8 Å². The van der Waals surface area contributed by atoms with Crippen LogP contribution < -0.4 is 4.90 Å². The van der Waals surface area contributed by atoms with Gasteiger partial charge in [0.05, 0.1) is 4.47 Å². The van der Waals surface area contributed by atoms with Gasteiger partial charge < -0.3 is 5.11 Å². The summed E-state index contributed by atoms with van der Waals surface area (Å²) in [4.78, 5) is 27.7. The predicted octanol–water partition coefficient (Wildman–Crippen LogP) is 2.37. The van der Waals surface area contributed by atoms with Gasteiger partial charge in [0.2, 0.25) is 5.91 Å². The van der Waals surface area contributed by atoms with Crippen LogP contribution in [0.1, 0.15) is 25.3 Å². The molecule has 0 saturated heterocycles. The lowest BCUT2D eigenvalue weighted by molar-refractivity contribution is -0.137. The first-order chi connectivity index (χ1) is 8.41. The van der Waals surface area contributed by atoms with Gasteiger partial charge in [-0.05, 0) is 40.9 Å². The third kappa shape index (κ3) is 4.10. The first-order valence-corrected chi connectivity index (χ1v) is 6.33. The molecular weight excluding hydrogens is 300 g/mol. The van der Waals surface area contributed by atoms with Crippen LogP contribution in [0.15, 0.2) is 16.7 Å². The minimum atomic E-state index is -0.866. The number of amides is 1. The number of carboxylic acids is 1. The Morgan fingerprint density at radius 2 is 2.17 bits per heavy atom. The van der Waals surface area contributed by atoms with Crippen molar-refractivity contribution in [3.05, 3.63) is 22.3 Å². The molecule has 0 bridgehead atoms. The summed E-state index contributed by atoms with van der Waals surface area (Å²) in [5, 5.41) is 8.60. The minimum Gasteiger partial charge on any atom is -0.481 e. The maximum absolute atomic E-state index is 11.6. The van der Waals surface area contributed by atoms with E-state index in [0.717, 1.165) is 10.0 Å². The Hall–Kier alpha value is -1.43. The molecule has 0 aromatic carbocycles. The lowest BCUT2D eigenvalue weighted by atomic mass is 10.2. The van der Waals surface area contributed by atoms with Crippen molar-refractivity contribution in [2.45, 2.75) is 26.7 Å². The number of carbonyl (C=O) groups excluding carboxylic acids is 1. The third-order valence-corrected chi connectivity index (χ3v) is 2.95. The molecule has 0 saturated carbocycles. The van der Waals surface area contributed by atoms with Crippen LogP contribution in [0.2, 0.25) is 0 Å². The summed E-state index contributed by atoms with van der Waals surface area (Å²) in [6.45, 7) is 3.69. The Morgan fingerprint density at radius 3 is 2.67 bits per heavy atom. The third-order valence-electron chi connectivity index (χ3n) is 2.37. The minimum absolute atomic E-state index is 0.0350. The van der Waals surface area contributed by atoms with Gasteiger partial charge in [-0.3, -0.25) is 14.5 Å². The van der Waals surface area contributed by atoms with E-state index in [2.05, 4.69) is 20.9 Å². The second kappa shape index (κ2) is 6.49. The molecule has 1 aromatic rings. The Balaban J connectivity index is 2.84. The first-order valence-electron chi connectivity index (χ1n) is 5.54. The highest BCUT2D eigenvalue weighted by Crippen LogP contribution is 2.24. The van der Waals surface area contributed by atoms with Crippen LogP contribution in [0.5, 0.6) is 0 Å². The molecule has 1 aromatic heterocycles. The Bertz CT molecular complexity index is 463. The van der Waals surface area contributed by atoms with Crippen molar-refractivity contribution in [1.29, 1.82) is 0 Å². The smallest absolute Gasteiger partial charge is 0.303 e. The van der Waals surface area contributed by atoms with Gasteiger partial charge in [0.25, 0.3) is 0 Å². The van der Waals surface area contributed by atoms with E-state index in [1.54, 1.807) is 6.20 Å². The number of halogens is 1. The van der Waals surface area contributed by atoms with Gasteiger partial charge in [0, 0.05) is 26.1 Å². The SMILES string of the molecule is CC(=O)N(CCCC(=O)O)c1ncc(C)cc1Br. The van der Waals surface area contributed by atoms with Gasteiger partial charge in [-0.2, -0.15) is 0 Å². The van der Waals surface area contributed by atoms with Crippen molar-refractivity contribution in [2.75, 3.05) is 11.4 Å². The van der Waals surface area contributed by atoms with Crippen LogP contribution >= 0.6 is 15.9 Å². The molecule has 6 heteroatoms. The molecular formula is C12H15BrN2O3. The summed E-state index contributed by atoms with van der Waals surface area (Å²) >= 11 is 3.36. The predicted molar refractivity (Wildman–Crippen MR) is 71.6 cm³/mol. The van der Waals surface area contributed by atoms with Crippen molar-refractivity contribution in [3.8, 4) is 0 Å². The average molecular weight is 315 g/mol. The summed E-state index contributed by atoms with van der Waals surface area (Å²) in [6.07, 6.45) is 2.11. The summed E-state index contributed by atoms with van der Waals surface area (Å²) in [6, 6.07) is 1.87. The molecule has 0 aliphatic heterocycles. The molecule has 0 aliphatic carbocycles. The normalized spacial score (nSPS) is 10.2. The van der Waals surface area contributed by atoms with Gasteiger partial charge in [0.1, 0.15) is 5.82 Å². The van der Waals surface area contributed by atoms with Crippen LogP contribution in [0.25, 0.3) is 0 Å². The lowest BCUT2D eigenvalue weighted by Crippen LogP contribution is -2.31. The second-order valence-corrected chi connectivity index (χ2v) is 4.84. The number of hydrogen-bond donors (Lipinski definition) is 1. The molecule has 0 atom stereocenters. The molecule has 0 fully saturated rings. The molecule has 0 radical (unpaired) electrons. The van der Waals surface area contributed by atoms with Gasteiger partial charge >= 0.3 is 5.97 Å². The van der Waals surface area contributed by atoms with Crippen LogP contribution in [0.3, 0.4) is 0 Å². The van der Waals surface area contributed by atoms with Crippen LogP contribution in [-0.4, -0.2) is 28.5 Å². The number of pyridine rings is 1. The topological polar surface area (TPSA) is 70.5 Å². The summed E-state index contributed by atoms with van der Waals surface area (Å²) in [5.74, 6) is -0.495. The number of aryl methyl sites for hydroxylation is 1. The fourth-order valence-corrected chi connectivity index (χ4v) is 2.20. The molecule has 1 rings (SSSR count). The highest BCUT2D eigenvalue weighted by atomic mass is 79.9. The molecule has 1 amide bonds. The van der Waals surface area contributed by atoms with Crippen LogP contribution in [0, 0.1) is 6.92 Å². The summed E-state index contributed by atoms with van der Waals surface area (Å²) in [7, 11) is 0. The van der Waals surface area contributed by atoms with E-state index in [1.807, 2.05) is 13.0 Å². The van der Waals surface area contributed by atoms with E-state index in [1.165, 1.54) is 11.8 Å². The monoisotopic (exact) mass is 314 g/mol. The van der Waals surface area contributed by atoms with Crippen LogP contribution in [0.4, 0.5) is 5.82 Å². The molecule has 1 N–H and O–H groups in total. The number of hydrogen-bond acceptors (Lipinski definition) is 3. The zero-order chi connectivity index (χ0) is 13.7. The number of carboxylic acid groups (broad SMARTS) is 1. The zero-order valence-electron chi connectivity index (χ0n) is 10.3. The van der Waals surface area contributed by atoms with Crippen LogP contribution in [-0.2, 0) is 9.59 Å². The number of anilines is 1. The van der Waals surface area contributed by atoms with E-state index in [-0.39, 0.29) is 12.3 Å². The van der Waals surface area contributed by atoms with E-state index in [9.17, 15) is 9.59 Å². The fraction of sp³-hybridized carbons (Fsp3) is 0.417. The molecule has 0 aliphatic rings. The Labute approximate surface area is 114 Å². The Morgan fingerprint density at radius 1 is 1.50 bits per heavy atom. The number of nitrogens with zero attached hydrogens (tertiary/aromatic N) is 2. The average Bonchev–Trinajstić information content (AvgIpc) is 2.25. The molecule has 0 unspecified atom stereocenters. The van der Waals surface area contributed by atoms with Crippen molar-refractivity contribution in [2.24, 2.45) is 0 Å². The van der Waals surface area contributed by atoms with Crippen molar-refractivity contribution in [1.82, 2.24) is 4.98 Å². The molecule has 1 heterocycles. The molecule has 5 nitrogen and oxygen atoms in total. The van der Waals surface area contributed by atoms with Gasteiger partial charge in [0.15, 0.2) is 0 Å². The number of aromatic nitrogens is 1. The number of carbonyl (C=O) groups is 2. The standard InChI is InChI=1S/C12H15BrN2O3/c1-8-6-10(13)12(14-7-8)15(9(2)16)5-3-4-11(17)18/h6-7H,3-5H2,1-2H3,(H,17,18). The van der Waals surface area contributed by atoms with Crippen molar-refractivity contribution in [3.63, 3.8) is 0 Å². The first kappa shape index (κ1) is 14.6. The highest BCUT2D eigenvalue weighted by Gasteiger charge is 2.16. The molecule has 98 valence electrons. The van der Waals surface area contributed by atoms with Gasteiger partial charge in [-0.1, -0.05) is 0 Å². The van der Waals surface area contributed by atoms with E-state index in [4.69, 9.17) is 5.11 Å². The van der Waals surface area contributed by atoms with E-state index < -0.39 is 5.97 Å². The quantitative estimate of drug-likeness (QED) is 0.905. The highest BCUT2D eigenvalue weighted by molar-refractivity contribution is 9.10. The number of aliphatic carboxylic acids is 1. The van der Waals surface area contributed by atoms with Gasteiger partial charge in [-0.15, -0.1) is 0 Å². The van der Waals surface area contributed by atoms with E-state index >= 15 is 0 Å². The maximum Gasteiger partial charge on any atom is 0.303 e. The largest absolute Gasteiger partial charge is 0.481 e. The fourth-order valence-electron chi connectivity index (χ4n) is 1.53. The second-order valence-electron chi connectivity index (χ2n) is 3.99. The molecule has 0 spiro atoms. The van der Waals surface area contributed by atoms with Crippen molar-refractivity contribution < 1.29 is 14.7 Å². The Kier molecular flexibility index (Phi) is 5.27. The van der Waals surface area contributed by atoms with Crippen molar-refractivity contribution >= 4 is 33.6 Å². The lowest BCUT2D eigenvalue weighted by Gasteiger charge is -2.21. The maximum atomic E-state index is 11.6. The molecule has 18 heavy (non-hydrogen) atoms. The number of rotatable bonds is 5. The zero-order valence-corrected chi connectivity index (χ0v) is 11.9. The summed E-state index contributed by atoms with van der Waals surface area (Å²) < 4.78 is 0.730. The van der Waals surface area contributed by atoms with Gasteiger partial charge in [-0.25, -0.2) is 4.98 Å². The summed E-state index contributed by atoms with van der Waals surface area (Å²) in [5.41, 5.74) is 0.986.